The Bertz CT molecular complexity index is 604. The molecular formula is C11H14ClFN2O3S. The van der Waals surface area contributed by atoms with Gasteiger partial charge in [0.2, 0.25) is 10.0 Å². The van der Waals surface area contributed by atoms with Crippen LogP contribution >= 0.6 is 11.6 Å². The summed E-state index contributed by atoms with van der Waals surface area (Å²) in [5.74, 6) is -1.66. The fourth-order valence-corrected chi connectivity index (χ4v) is 2.04. The number of hydrogen-bond donors (Lipinski definition) is 2. The van der Waals surface area contributed by atoms with Crippen LogP contribution in [0.2, 0.25) is 5.02 Å². The summed E-state index contributed by atoms with van der Waals surface area (Å²) in [6.45, 7) is 3.61. The zero-order chi connectivity index (χ0) is 14.8. The monoisotopic (exact) mass is 308 g/mol. The first-order valence-corrected chi connectivity index (χ1v) is 7.42. The zero-order valence-electron chi connectivity index (χ0n) is 10.4. The summed E-state index contributed by atoms with van der Waals surface area (Å²) in [5, 5.41) is 7.03. The molecule has 1 aromatic carbocycles. The molecular weight excluding hydrogens is 295 g/mol. The molecule has 0 aromatic heterocycles. The van der Waals surface area contributed by atoms with Gasteiger partial charge < -0.3 is 5.32 Å². The zero-order valence-corrected chi connectivity index (χ0v) is 12.0. The summed E-state index contributed by atoms with van der Waals surface area (Å²) in [6, 6.07) is 1.49. The van der Waals surface area contributed by atoms with Gasteiger partial charge in [-0.15, -0.1) is 0 Å². The van der Waals surface area contributed by atoms with Crippen molar-refractivity contribution < 1.29 is 17.6 Å². The smallest absolute Gasteiger partial charge is 0.253 e. The molecule has 0 aliphatic heterocycles. The number of rotatable bonds is 4. The van der Waals surface area contributed by atoms with Crippen LogP contribution in [0, 0.1) is 5.82 Å². The molecule has 106 valence electrons. The molecule has 0 saturated carbocycles. The second-order valence-electron chi connectivity index (χ2n) is 4.09. The Morgan fingerprint density at radius 3 is 2.58 bits per heavy atom. The molecule has 0 aliphatic rings. The molecule has 5 nitrogen and oxygen atoms in total. The van der Waals surface area contributed by atoms with Gasteiger partial charge in [-0.25, -0.2) is 17.9 Å². The number of amides is 1. The van der Waals surface area contributed by atoms with Crippen molar-refractivity contribution in [1.29, 1.82) is 0 Å². The van der Waals surface area contributed by atoms with Crippen LogP contribution in [0.25, 0.3) is 0 Å². The Labute approximate surface area is 116 Å². The number of benzene rings is 1. The predicted octanol–water partition coefficient (Wildman–Crippen LogP) is 1.65. The number of halogens is 2. The van der Waals surface area contributed by atoms with Gasteiger partial charge in [0.05, 0.1) is 15.5 Å². The van der Waals surface area contributed by atoms with Crippen molar-refractivity contribution in [2.45, 2.75) is 31.2 Å². The van der Waals surface area contributed by atoms with E-state index in [0.29, 0.717) is 12.5 Å². The van der Waals surface area contributed by atoms with Crippen LogP contribution in [-0.2, 0) is 10.0 Å². The van der Waals surface area contributed by atoms with Crippen molar-refractivity contribution in [3.8, 4) is 0 Å². The van der Waals surface area contributed by atoms with Crippen molar-refractivity contribution in [2.24, 2.45) is 5.14 Å². The topological polar surface area (TPSA) is 89.3 Å². The third kappa shape index (κ3) is 3.89. The van der Waals surface area contributed by atoms with Crippen LogP contribution in [0.4, 0.5) is 4.39 Å². The number of carbonyl (C=O) groups is 1. The van der Waals surface area contributed by atoms with Gasteiger partial charge in [0.15, 0.2) is 0 Å². The van der Waals surface area contributed by atoms with E-state index in [1.165, 1.54) is 0 Å². The van der Waals surface area contributed by atoms with Crippen LogP contribution < -0.4 is 10.5 Å². The molecule has 0 saturated heterocycles. The van der Waals surface area contributed by atoms with Crippen LogP contribution in [0.3, 0.4) is 0 Å². The lowest BCUT2D eigenvalue weighted by molar-refractivity contribution is 0.0938. The van der Waals surface area contributed by atoms with Gasteiger partial charge in [-0.1, -0.05) is 18.5 Å². The molecule has 0 aliphatic carbocycles. The van der Waals surface area contributed by atoms with Crippen molar-refractivity contribution in [2.75, 3.05) is 0 Å². The predicted molar refractivity (Wildman–Crippen MR) is 70.0 cm³/mol. The Morgan fingerprint density at radius 2 is 2.11 bits per heavy atom. The minimum atomic E-state index is -4.11. The second kappa shape index (κ2) is 5.85. The maximum Gasteiger partial charge on any atom is 0.253 e. The standard InChI is InChI=1S/C11H14ClFN2O3S/c1-3-6(2)15-11(16)8-4-7(19(14,17)18)5-9(13)10(8)12/h4-6H,3H2,1-2H3,(H,15,16)(H2,14,17,18). The highest BCUT2D eigenvalue weighted by atomic mass is 35.5. The number of nitrogens with two attached hydrogens (primary N) is 1. The van der Waals surface area contributed by atoms with E-state index in [1.54, 1.807) is 6.92 Å². The van der Waals surface area contributed by atoms with E-state index in [-0.39, 0.29) is 11.6 Å². The molecule has 1 unspecified atom stereocenters. The third-order valence-electron chi connectivity index (χ3n) is 2.56. The quantitative estimate of drug-likeness (QED) is 0.886. The Balaban J connectivity index is 3.27. The van der Waals surface area contributed by atoms with Gasteiger partial charge in [0, 0.05) is 6.04 Å². The summed E-state index contributed by atoms with van der Waals surface area (Å²) >= 11 is 5.67. The molecule has 19 heavy (non-hydrogen) atoms. The highest BCUT2D eigenvalue weighted by Gasteiger charge is 2.20. The van der Waals surface area contributed by atoms with E-state index in [2.05, 4.69) is 5.32 Å². The van der Waals surface area contributed by atoms with E-state index < -0.39 is 31.7 Å². The Kier molecular flexibility index (Phi) is 4.89. The highest BCUT2D eigenvalue weighted by Crippen LogP contribution is 2.24. The van der Waals surface area contributed by atoms with Gasteiger partial charge in [0.25, 0.3) is 5.91 Å². The van der Waals surface area contributed by atoms with Gasteiger partial charge in [-0.05, 0) is 25.5 Å². The van der Waals surface area contributed by atoms with Crippen LogP contribution in [0.15, 0.2) is 17.0 Å². The summed E-state index contributed by atoms with van der Waals surface area (Å²) in [4.78, 5) is 11.4. The Morgan fingerprint density at radius 1 is 1.53 bits per heavy atom. The maximum atomic E-state index is 13.5. The van der Waals surface area contributed by atoms with E-state index in [1.807, 2.05) is 6.92 Å². The molecule has 1 amide bonds. The fourth-order valence-electron chi connectivity index (χ4n) is 1.30. The largest absolute Gasteiger partial charge is 0.350 e. The van der Waals surface area contributed by atoms with E-state index in [9.17, 15) is 17.6 Å². The van der Waals surface area contributed by atoms with Crippen LogP contribution in [-0.4, -0.2) is 20.4 Å². The van der Waals surface area contributed by atoms with Crippen LogP contribution in [0.5, 0.6) is 0 Å². The lowest BCUT2D eigenvalue weighted by Crippen LogP contribution is -2.32. The van der Waals surface area contributed by atoms with Crippen molar-refractivity contribution in [3.63, 3.8) is 0 Å². The van der Waals surface area contributed by atoms with E-state index >= 15 is 0 Å². The fraction of sp³-hybridized carbons (Fsp3) is 0.364. The average Bonchev–Trinajstić information content (AvgIpc) is 2.30. The number of sulfonamides is 1. The van der Waals surface area contributed by atoms with Gasteiger partial charge >= 0.3 is 0 Å². The summed E-state index contributed by atoms with van der Waals surface area (Å²) in [7, 11) is -4.11. The van der Waals surface area contributed by atoms with Gasteiger partial charge in [-0.3, -0.25) is 4.79 Å². The lowest BCUT2D eigenvalue weighted by Gasteiger charge is -2.13. The van der Waals surface area contributed by atoms with E-state index in [0.717, 1.165) is 6.07 Å². The molecule has 0 heterocycles. The van der Waals surface area contributed by atoms with Crippen molar-refractivity contribution >= 4 is 27.5 Å². The average molecular weight is 309 g/mol. The van der Waals surface area contributed by atoms with E-state index in [4.69, 9.17) is 16.7 Å². The lowest BCUT2D eigenvalue weighted by atomic mass is 10.1. The van der Waals surface area contributed by atoms with Crippen molar-refractivity contribution in [1.82, 2.24) is 5.32 Å². The molecule has 3 N–H and O–H groups in total. The molecule has 1 atom stereocenters. The number of primary sulfonamides is 1. The third-order valence-corrected chi connectivity index (χ3v) is 3.84. The Hall–Kier alpha value is -1.18. The summed E-state index contributed by atoms with van der Waals surface area (Å²) in [5.41, 5.74) is -0.258. The maximum absolute atomic E-state index is 13.5. The SMILES string of the molecule is CCC(C)NC(=O)c1cc(S(N)(=O)=O)cc(F)c1Cl. The molecule has 0 bridgehead atoms. The number of carbonyl (C=O) groups excluding carboxylic acids is 1. The number of hydrogen-bond acceptors (Lipinski definition) is 3. The highest BCUT2D eigenvalue weighted by molar-refractivity contribution is 7.89. The second-order valence-corrected chi connectivity index (χ2v) is 6.03. The molecule has 1 rings (SSSR count). The molecule has 0 fully saturated rings. The van der Waals surface area contributed by atoms with Gasteiger partial charge in [-0.2, -0.15) is 0 Å². The van der Waals surface area contributed by atoms with Gasteiger partial charge in [0.1, 0.15) is 5.82 Å². The van der Waals surface area contributed by atoms with Crippen LogP contribution in [0.1, 0.15) is 30.6 Å². The first kappa shape index (κ1) is 15.9. The summed E-state index contributed by atoms with van der Waals surface area (Å²) in [6.07, 6.45) is 0.667. The molecule has 8 heteroatoms. The minimum absolute atomic E-state index is 0.148. The first-order valence-electron chi connectivity index (χ1n) is 5.49. The van der Waals surface area contributed by atoms with Crippen molar-refractivity contribution in [3.05, 3.63) is 28.5 Å². The first-order chi connectivity index (χ1) is 8.66. The normalized spacial score (nSPS) is 13.1. The number of nitrogens with one attached hydrogen (secondary N) is 1. The minimum Gasteiger partial charge on any atom is -0.350 e. The molecule has 1 aromatic rings. The molecule has 0 radical (unpaired) electrons. The molecule has 0 spiro atoms. The summed E-state index contributed by atoms with van der Waals surface area (Å²) < 4.78 is 35.9.